The molecule has 0 fully saturated rings. The molecule has 0 aromatic heterocycles. The van der Waals surface area contributed by atoms with Gasteiger partial charge in [0.1, 0.15) is 12.4 Å². The van der Waals surface area contributed by atoms with E-state index in [1.165, 1.54) is 11.1 Å². The summed E-state index contributed by atoms with van der Waals surface area (Å²) in [5.74, 6) is 0.481. The van der Waals surface area contributed by atoms with Gasteiger partial charge in [0.05, 0.1) is 5.69 Å². The fraction of sp³-hybridized carbons (Fsp3) is 0.350. The SMILES string of the molecule is CCC(=O)N(O)c1cccc(I)c1COc1cc(C)c(CC)cc1C. The average Bonchev–Trinajstić information content (AvgIpc) is 2.61. The molecule has 0 saturated heterocycles. The van der Waals surface area contributed by atoms with E-state index >= 15 is 0 Å². The number of ether oxygens (including phenoxy) is 1. The van der Waals surface area contributed by atoms with Crippen molar-refractivity contribution in [2.75, 3.05) is 5.06 Å². The van der Waals surface area contributed by atoms with Gasteiger partial charge in [-0.2, -0.15) is 5.06 Å². The first-order valence-corrected chi connectivity index (χ1v) is 9.49. The molecule has 2 aromatic carbocycles. The first-order valence-electron chi connectivity index (χ1n) is 8.41. The number of halogens is 1. The van der Waals surface area contributed by atoms with Crippen molar-refractivity contribution in [3.05, 3.63) is 56.2 Å². The predicted molar refractivity (Wildman–Crippen MR) is 108 cm³/mol. The summed E-state index contributed by atoms with van der Waals surface area (Å²) < 4.78 is 6.98. The Bertz CT molecular complexity index is 774. The molecule has 1 N–H and O–H groups in total. The molecule has 25 heavy (non-hydrogen) atoms. The Balaban J connectivity index is 2.30. The van der Waals surface area contributed by atoms with Gasteiger partial charge in [0.15, 0.2) is 0 Å². The van der Waals surface area contributed by atoms with Crippen LogP contribution in [0.3, 0.4) is 0 Å². The van der Waals surface area contributed by atoms with Crippen LogP contribution in [0.1, 0.15) is 42.5 Å². The largest absolute Gasteiger partial charge is 0.489 e. The Morgan fingerprint density at radius 2 is 1.92 bits per heavy atom. The predicted octanol–water partition coefficient (Wildman–Crippen LogP) is 5.18. The highest BCUT2D eigenvalue weighted by Gasteiger charge is 2.18. The minimum absolute atomic E-state index is 0.235. The summed E-state index contributed by atoms with van der Waals surface area (Å²) in [4.78, 5) is 11.9. The van der Waals surface area contributed by atoms with E-state index < -0.39 is 0 Å². The minimum Gasteiger partial charge on any atom is -0.489 e. The number of rotatable bonds is 6. The Morgan fingerprint density at radius 1 is 1.20 bits per heavy atom. The Kier molecular flexibility index (Phi) is 6.84. The van der Waals surface area contributed by atoms with Gasteiger partial charge in [-0.1, -0.05) is 26.0 Å². The molecule has 0 atom stereocenters. The molecule has 0 unspecified atom stereocenters. The van der Waals surface area contributed by atoms with Gasteiger partial charge in [-0.15, -0.1) is 0 Å². The summed E-state index contributed by atoms with van der Waals surface area (Å²) in [5.41, 5.74) is 4.87. The van der Waals surface area contributed by atoms with E-state index in [1.807, 2.05) is 19.1 Å². The normalized spacial score (nSPS) is 10.6. The fourth-order valence-electron chi connectivity index (χ4n) is 2.71. The van der Waals surface area contributed by atoms with Gasteiger partial charge in [0.2, 0.25) is 5.91 Å². The van der Waals surface area contributed by atoms with Crippen molar-refractivity contribution in [3.8, 4) is 5.75 Å². The van der Waals surface area contributed by atoms with Crippen molar-refractivity contribution < 1.29 is 14.7 Å². The number of hydroxylamine groups is 1. The van der Waals surface area contributed by atoms with Gasteiger partial charge in [-0.25, -0.2) is 0 Å². The summed E-state index contributed by atoms with van der Waals surface area (Å²) in [6, 6.07) is 9.69. The molecule has 1 amide bonds. The van der Waals surface area contributed by atoms with Crippen LogP contribution in [0.2, 0.25) is 0 Å². The molecular formula is C20H24INO3. The smallest absolute Gasteiger partial charge is 0.250 e. The van der Waals surface area contributed by atoms with E-state index in [2.05, 4.69) is 48.6 Å². The third kappa shape index (κ3) is 4.52. The van der Waals surface area contributed by atoms with Crippen LogP contribution in [0.5, 0.6) is 5.75 Å². The van der Waals surface area contributed by atoms with Gasteiger partial charge in [-0.3, -0.25) is 10.0 Å². The van der Waals surface area contributed by atoms with Crippen LogP contribution < -0.4 is 9.80 Å². The van der Waals surface area contributed by atoms with Crippen LogP contribution in [-0.2, 0) is 17.8 Å². The Hall–Kier alpha value is -1.60. The molecule has 134 valence electrons. The van der Waals surface area contributed by atoms with Crippen molar-refractivity contribution in [2.45, 2.75) is 47.1 Å². The maximum absolute atomic E-state index is 11.9. The van der Waals surface area contributed by atoms with Crippen molar-refractivity contribution in [2.24, 2.45) is 0 Å². The van der Waals surface area contributed by atoms with E-state index in [0.717, 1.165) is 31.9 Å². The number of benzene rings is 2. The molecule has 0 aliphatic rings. The van der Waals surface area contributed by atoms with E-state index in [0.29, 0.717) is 5.69 Å². The lowest BCUT2D eigenvalue weighted by Crippen LogP contribution is -2.27. The van der Waals surface area contributed by atoms with E-state index in [4.69, 9.17) is 4.74 Å². The lowest BCUT2D eigenvalue weighted by Gasteiger charge is -2.20. The molecule has 0 bridgehead atoms. The maximum atomic E-state index is 11.9. The molecule has 2 aromatic rings. The van der Waals surface area contributed by atoms with Crippen LogP contribution in [-0.4, -0.2) is 11.1 Å². The van der Waals surface area contributed by atoms with Crippen molar-refractivity contribution in [1.82, 2.24) is 0 Å². The summed E-state index contributed by atoms with van der Waals surface area (Å²) in [6.07, 6.45) is 1.23. The van der Waals surface area contributed by atoms with Crippen LogP contribution in [0.15, 0.2) is 30.3 Å². The number of anilines is 1. The maximum Gasteiger partial charge on any atom is 0.250 e. The molecule has 5 heteroatoms. The van der Waals surface area contributed by atoms with Crippen LogP contribution >= 0.6 is 22.6 Å². The molecule has 0 saturated carbocycles. The number of hydrogen-bond donors (Lipinski definition) is 1. The van der Waals surface area contributed by atoms with Crippen molar-refractivity contribution >= 4 is 34.2 Å². The summed E-state index contributed by atoms with van der Waals surface area (Å²) in [6.45, 7) is 8.26. The third-order valence-electron chi connectivity index (χ3n) is 4.25. The molecule has 0 heterocycles. The second-order valence-electron chi connectivity index (χ2n) is 5.98. The van der Waals surface area contributed by atoms with E-state index in [9.17, 15) is 10.0 Å². The van der Waals surface area contributed by atoms with Crippen LogP contribution in [0, 0.1) is 17.4 Å². The number of carbonyl (C=O) groups is 1. The highest BCUT2D eigenvalue weighted by Crippen LogP contribution is 2.29. The van der Waals surface area contributed by atoms with Gasteiger partial charge in [-0.05, 0) is 77.7 Å². The summed E-state index contributed by atoms with van der Waals surface area (Å²) in [7, 11) is 0. The summed E-state index contributed by atoms with van der Waals surface area (Å²) >= 11 is 2.20. The molecule has 0 aliphatic carbocycles. The van der Waals surface area contributed by atoms with E-state index in [1.54, 1.807) is 13.0 Å². The zero-order valence-corrected chi connectivity index (χ0v) is 17.3. The lowest BCUT2D eigenvalue weighted by atomic mass is 10.0. The topological polar surface area (TPSA) is 49.8 Å². The minimum atomic E-state index is -0.345. The second-order valence-corrected chi connectivity index (χ2v) is 7.15. The zero-order valence-electron chi connectivity index (χ0n) is 15.1. The third-order valence-corrected chi connectivity index (χ3v) is 5.26. The van der Waals surface area contributed by atoms with Crippen LogP contribution in [0.25, 0.3) is 0 Å². The highest BCUT2D eigenvalue weighted by atomic mass is 127. The number of carbonyl (C=O) groups excluding carboxylic acids is 1. The monoisotopic (exact) mass is 453 g/mol. The van der Waals surface area contributed by atoms with Gasteiger partial charge < -0.3 is 4.74 Å². The van der Waals surface area contributed by atoms with Gasteiger partial charge in [0, 0.05) is 15.6 Å². The Labute approximate surface area is 162 Å². The standard InChI is InChI=1S/C20H24INO3/c1-5-15-10-14(4)19(11-13(15)3)25-12-16-17(21)8-7-9-18(16)22(24)20(23)6-2/h7-11,24H,5-6,12H2,1-4H3. The molecule has 0 radical (unpaired) electrons. The quantitative estimate of drug-likeness (QED) is 0.373. The second kappa shape index (κ2) is 8.67. The van der Waals surface area contributed by atoms with Gasteiger partial charge in [0.25, 0.3) is 0 Å². The molecular weight excluding hydrogens is 429 g/mol. The first-order chi connectivity index (χ1) is 11.9. The number of hydrogen-bond acceptors (Lipinski definition) is 3. The molecule has 4 nitrogen and oxygen atoms in total. The molecule has 0 spiro atoms. The fourth-order valence-corrected chi connectivity index (χ4v) is 3.35. The van der Waals surface area contributed by atoms with Crippen LogP contribution in [0.4, 0.5) is 5.69 Å². The first kappa shape index (κ1) is 19.7. The summed E-state index contributed by atoms with van der Waals surface area (Å²) in [5, 5.41) is 10.9. The zero-order chi connectivity index (χ0) is 18.6. The molecule has 0 aliphatic heterocycles. The van der Waals surface area contributed by atoms with Crippen molar-refractivity contribution in [3.63, 3.8) is 0 Å². The van der Waals surface area contributed by atoms with E-state index in [-0.39, 0.29) is 18.9 Å². The van der Waals surface area contributed by atoms with Gasteiger partial charge >= 0.3 is 0 Å². The number of amides is 1. The number of nitrogens with zero attached hydrogens (tertiary/aromatic N) is 1. The highest BCUT2D eigenvalue weighted by molar-refractivity contribution is 14.1. The average molecular weight is 453 g/mol. The van der Waals surface area contributed by atoms with Crippen molar-refractivity contribution in [1.29, 1.82) is 0 Å². The lowest BCUT2D eigenvalue weighted by molar-refractivity contribution is -0.123. The number of aryl methyl sites for hydroxylation is 3. The Morgan fingerprint density at radius 3 is 2.56 bits per heavy atom. The molecule has 2 rings (SSSR count).